The average Bonchev–Trinajstić information content (AvgIpc) is 2.87. The van der Waals surface area contributed by atoms with Crippen LogP contribution in [0.25, 0.3) is 11.0 Å². The maximum Gasteiger partial charge on any atom is 0.134 e. The second-order valence-electron chi connectivity index (χ2n) is 5.57. The second-order valence-corrected chi connectivity index (χ2v) is 5.57. The quantitative estimate of drug-likeness (QED) is 0.829. The molecule has 1 saturated heterocycles. The van der Waals surface area contributed by atoms with Crippen molar-refractivity contribution in [3.63, 3.8) is 0 Å². The number of para-hydroxylation sites is 1. The molecule has 0 unspecified atom stereocenters. The Morgan fingerprint density at radius 2 is 2.00 bits per heavy atom. The number of nitrogens with one attached hydrogen (secondary N) is 1. The van der Waals surface area contributed by atoms with Crippen LogP contribution in [0.5, 0.6) is 0 Å². The average molecular weight is 288 g/mol. The van der Waals surface area contributed by atoms with E-state index in [1.54, 1.807) is 0 Å². The van der Waals surface area contributed by atoms with E-state index in [2.05, 4.69) is 35.3 Å². The van der Waals surface area contributed by atoms with E-state index in [0.29, 0.717) is 0 Å². The summed E-state index contributed by atoms with van der Waals surface area (Å²) in [6.45, 7) is 8.63. The zero-order valence-electron chi connectivity index (χ0n) is 12.7. The van der Waals surface area contributed by atoms with Crippen LogP contribution in [0.1, 0.15) is 24.7 Å². The molecule has 1 aliphatic heterocycles. The Bertz CT molecular complexity index is 573. The number of hydrogen-bond acceptors (Lipinski definition) is 4. The molecule has 0 spiro atoms. The number of hydrogen-bond donors (Lipinski definition) is 1. The number of furan rings is 1. The van der Waals surface area contributed by atoms with E-state index in [-0.39, 0.29) is 0 Å². The first-order valence-electron chi connectivity index (χ1n) is 7.88. The molecule has 4 heteroatoms. The molecule has 21 heavy (non-hydrogen) atoms. The van der Waals surface area contributed by atoms with Crippen molar-refractivity contribution >= 4 is 11.0 Å². The Hall–Kier alpha value is -1.36. The summed E-state index contributed by atoms with van der Waals surface area (Å²) >= 11 is 0. The van der Waals surface area contributed by atoms with Gasteiger partial charge in [0, 0.05) is 30.6 Å². The van der Waals surface area contributed by atoms with Gasteiger partial charge in [-0.05, 0) is 19.0 Å². The zero-order valence-corrected chi connectivity index (χ0v) is 12.7. The topological polar surface area (TPSA) is 37.6 Å². The molecular weight excluding hydrogens is 264 g/mol. The predicted molar refractivity (Wildman–Crippen MR) is 84.3 cm³/mol. The minimum Gasteiger partial charge on any atom is -0.459 e. The van der Waals surface area contributed by atoms with Crippen LogP contribution >= 0.6 is 0 Å². The van der Waals surface area contributed by atoms with Gasteiger partial charge in [0.15, 0.2) is 0 Å². The van der Waals surface area contributed by atoms with Crippen LogP contribution in [0, 0.1) is 0 Å². The van der Waals surface area contributed by atoms with Gasteiger partial charge in [-0.3, -0.25) is 4.90 Å². The lowest BCUT2D eigenvalue weighted by Crippen LogP contribution is -2.35. The molecule has 4 nitrogen and oxygen atoms in total. The number of rotatable bonds is 6. The maximum absolute atomic E-state index is 6.07. The minimum atomic E-state index is 0.808. The summed E-state index contributed by atoms with van der Waals surface area (Å²) in [4.78, 5) is 2.45. The van der Waals surface area contributed by atoms with Gasteiger partial charge in [0.2, 0.25) is 0 Å². The van der Waals surface area contributed by atoms with Gasteiger partial charge in [-0.2, -0.15) is 0 Å². The molecule has 0 radical (unpaired) electrons. The summed E-state index contributed by atoms with van der Waals surface area (Å²) in [6, 6.07) is 8.34. The number of morpholine rings is 1. The van der Waals surface area contributed by atoms with Crippen molar-refractivity contribution in [1.82, 2.24) is 10.2 Å². The van der Waals surface area contributed by atoms with Gasteiger partial charge in [-0.15, -0.1) is 0 Å². The number of nitrogens with zero attached hydrogens (tertiary/aromatic N) is 1. The SMILES string of the molecule is CCCNCc1oc2ccccc2c1CN1CCOCC1. The van der Waals surface area contributed by atoms with Gasteiger partial charge in [0.1, 0.15) is 11.3 Å². The highest BCUT2D eigenvalue weighted by Gasteiger charge is 2.18. The standard InChI is InChI=1S/C17H24N2O2/c1-2-7-18-12-17-15(13-19-8-10-20-11-9-19)14-5-3-4-6-16(14)21-17/h3-6,18H,2,7-13H2,1H3. The first kappa shape index (κ1) is 14.6. The van der Waals surface area contributed by atoms with Crippen LogP contribution < -0.4 is 5.32 Å². The normalized spacial score (nSPS) is 16.6. The molecule has 0 atom stereocenters. The summed E-state index contributed by atoms with van der Waals surface area (Å²) in [6.07, 6.45) is 1.14. The lowest BCUT2D eigenvalue weighted by atomic mass is 10.1. The second kappa shape index (κ2) is 7.07. The van der Waals surface area contributed by atoms with Gasteiger partial charge >= 0.3 is 0 Å². The third kappa shape index (κ3) is 3.46. The summed E-state index contributed by atoms with van der Waals surface area (Å²) in [5.41, 5.74) is 2.32. The van der Waals surface area contributed by atoms with Crippen LogP contribution in [0.15, 0.2) is 28.7 Å². The molecule has 0 saturated carbocycles. The Kier molecular flexibility index (Phi) is 4.91. The largest absolute Gasteiger partial charge is 0.459 e. The summed E-state index contributed by atoms with van der Waals surface area (Å²) < 4.78 is 11.5. The molecule has 1 aromatic carbocycles. The summed E-state index contributed by atoms with van der Waals surface area (Å²) in [5, 5.41) is 4.70. The van der Waals surface area contributed by atoms with Crippen LogP contribution in [0.4, 0.5) is 0 Å². The van der Waals surface area contributed by atoms with Crippen molar-refractivity contribution < 1.29 is 9.15 Å². The van der Waals surface area contributed by atoms with Crippen molar-refractivity contribution in [2.24, 2.45) is 0 Å². The fourth-order valence-electron chi connectivity index (χ4n) is 2.83. The molecule has 0 amide bonds. The third-order valence-electron chi connectivity index (χ3n) is 3.98. The van der Waals surface area contributed by atoms with E-state index in [1.807, 2.05) is 6.07 Å². The van der Waals surface area contributed by atoms with Gasteiger partial charge in [-0.25, -0.2) is 0 Å². The van der Waals surface area contributed by atoms with E-state index in [0.717, 1.165) is 63.7 Å². The molecule has 114 valence electrons. The summed E-state index contributed by atoms with van der Waals surface area (Å²) in [7, 11) is 0. The Balaban J connectivity index is 1.83. The van der Waals surface area contributed by atoms with Crippen molar-refractivity contribution in [2.45, 2.75) is 26.4 Å². The smallest absolute Gasteiger partial charge is 0.134 e. The van der Waals surface area contributed by atoms with E-state index < -0.39 is 0 Å². The van der Waals surface area contributed by atoms with E-state index in [1.165, 1.54) is 10.9 Å². The van der Waals surface area contributed by atoms with E-state index in [4.69, 9.17) is 9.15 Å². The van der Waals surface area contributed by atoms with Gasteiger partial charge < -0.3 is 14.5 Å². The van der Waals surface area contributed by atoms with Crippen molar-refractivity contribution in [1.29, 1.82) is 0 Å². The van der Waals surface area contributed by atoms with E-state index >= 15 is 0 Å². The van der Waals surface area contributed by atoms with Crippen LogP contribution in [0.2, 0.25) is 0 Å². The van der Waals surface area contributed by atoms with Gasteiger partial charge in [-0.1, -0.05) is 25.1 Å². The minimum absolute atomic E-state index is 0.808. The molecule has 2 aromatic rings. The zero-order chi connectivity index (χ0) is 14.5. The Morgan fingerprint density at radius 1 is 1.19 bits per heavy atom. The molecule has 1 N–H and O–H groups in total. The first-order chi connectivity index (χ1) is 10.4. The van der Waals surface area contributed by atoms with E-state index in [9.17, 15) is 0 Å². The van der Waals surface area contributed by atoms with Crippen LogP contribution in [-0.2, 0) is 17.8 Å². The van der Waals surface area contributed by atoms with Gasteiger partial charge in [0.25, 0.3) is 0 Å². The Morgan fingerprint density at radius 3 is 2.81 bits per heavy atom. The number of benzene rings is 1. The highest BCUT2D eigenvalue weighted by atomic mass is 16.5. The molecule has 1 aliphatic rings. The molecule has 0 aliphatic carbocycles. The molecule has 3 rings (SSSR count). The number of ether oxygens (including phenoxy) is 1. The highest BCUT2D eigenvalue weighted by Crippen LogP contribution is 2.27. The lowest BCUT2D eigenvalue weighted by molar-refractivity contribution is 0.0341. The third-order valence-corrected chi connectivity index (χ3v) is 3.98. The molecule has 1 fully saturated rings. The monoisotopic (exact) mass is 288 g/mol. The van der Waals surface area contributed by atoms with Crippen molar-refractivity contribution in [3.05, 3.63) is 35.6 Å². The van der Waals surface area contributed by atoms with Crippen molar-refractivity contribution in [3.8, 4) is 0 Å². The first-order valence-corrected chi connectivity index (χ1v) is 7.88. The van der Waals surface area contributed by atoms with Crippen LogP contribution in [0.3, 0.4) is 0 Å². The highest BCUT2D eigenvalue weighted by molar-refractivity contribution is 5.82. The lowest BCUT2D eigenvalue weighted by Gasteiger charge is -2.26. The summed E-state index contributed by atoms with van der Waals surface area (Å²) in [5.74, 6) is 1.08. The number of fused-ring (bicyclic) bond motifs is 1. The van der Waals surface area contributed by atoms with Crippen molar-refractivity contribution in [2.75, 3.05) is 32.8 Å². The van der Waals surface area contributed by atoms with Crippen LogP contribution in [-0.4, -0.2) is 37.7 Å². The fourth-order valence-corrected chi connectivity index (χ4v) is 2.83. The molecule has 1 aromatic heterocycles. The molecule has 0 bridgehead atoms. The fraction of sp³-hybridized carbons (Fsp3) is 0.529. The molecule has 2 heterocycles. The van der Waals surface area contributed by atoms with Gasteiger partial charge in [0.05, 0.1) is 19.8 Å². The maximum atomic E-state index is 6.07. The molecular formula is C17H24N2O2. The predicted octanol–water partition coefficient (Wildman–Crippen LogP) is 2.76. The Labute approximate surface area is 126 Å².